The van der Waals surface area contributed by atoms with Crippen molar-refractivity contribution in [2.75, 3.05) is 13.2 Å². The third kappa shape index (κ3) is 17.8. The monoisotopic (exact) mass is 416 g/mol. The zero-order valence-corrected chi connectivity index (χ0v) is 15.1. The molecule has 0 saturated carbocycles. The van der Waals surface area contributed by atoms with Crippen LogP contribution < -0.4 is 24.8 Å². The predicted molar refractivity (Wildman–Crippen MR) is 66.9 cm³/mol. The Balaban J connectivity index is -0.00000128. The molecule has 0 aliphatic heterocycles. The Labute approximate surface area is 137 Å². The van der Waals surface area contributed by atoms with Gasteiger partial charge in [0, 0.05) is 0 Å². The van der Waals surface area contributed by atoms with Crippen LogP contribution in [0, 0.1) is 0 Å². The summed E-state index contributed by atoms with van der Waals surface area (Å²) < 4.78 is 11.5. The van der Waals surface area contributed by atoms with E-state index in [-0.39, 0.29) is 50.0 Å². The summed E-state index contributed by atoms with van der Waals surface area (Å²) >= 11 is -0.640. The second-order valence-electron chi connectivity index (χ2n) is 3.19. The molecule has 0 aromatic heterocycles. The van der Waals surface area contributed by atoms with E-state index in [1.807, 2.05) is 0 Å². The zero-order chi connectivity index (χ0) is 12.9. The molecule has 0 fully saturated rings. The molecule has 108 valence electrons. The summed E-state index contributed by atoms with van der Waals surface area (Å²) in [7, 11) is 0. The predicted octanol–water partition coefficient (Wildman–Crippen LogP) is -4.23. The van der Waals surface area contributed by atoms with Crippen molar-refractivity contribution >= 4 is 33.1 Å². The first-order chi connectivity index (χ1) is 8.20. The number of carbonyl (C=O) groups excluding carboxylic acids is 2. The van der Waals surface area contributed by atoms with Gasteiger partial charge in [0.1, 0.15) is 0 Å². The standard InChI is InChI=1S/2C6H9O2.2ClH.Sn/c2*1-3-5-8-6(7)4-2;;;/h2*3H,1-2,4-5H2;2*1H;/q;;;;+2/p-2. The summed E-state index contributed by atoms with van der Waals surface area (Å²) in [6.45, 7) is 7.47. The molecule has 19 heavy (non-hydrogen) atoms. The van der Waals surface area contributed by atoms with Crippen LogP contribution in [0.1, 0.15) is 12.8 Å². The van der Waals surface area contributed by atoms with Crippen molar-refractivity contribution in [1.82, 2.24) is 0 Å². The Morgan fingerprint density at radius 3 is 1.58 bits per heavy atom. The van der Waals surface area contributed by atoms with Gasteiger partial charge in [-0.15, -0.1) is 0 Å². The van der Waals surface area contributed by atoms with E-state index >= 15 is 0 Å². The van der Waals surface area contributed by atoms with Crippen LogP contribution in [0.2, 0.25) is 8.87 Å². The van der Waals surface area contributed by atoms with E-state index in [2.05, 4.69) is 13.2 Å². The Hall–Kier alpha value is -0.201. The first-order valence-electron chi connectivity index (χ1n) is 5.44. The van der Waals surface area contributed by atoms with Crippen LogP contribution in [0.25, 0.3) is 0 Å². The van der Waals surface area contributed by atoms with Crippen LogP contribution in [-0.4, -0.2) is 46.3 Å². The van der Waals surface area contributed by atoms with Crippen molar-refractivity contribution in [3.63, 3.8) is 0 Å². The summed E-state index contributed by atoms with van der Waals surface area (Å²) in [5.41, 5.74) is 0. The van der Waals surface area contributed by atoms with Gasteiger partial charge in [-0.1, -0.05) is 0 Å². The molecule has 0 spiro atoms. The Kier molecular flexibility index (Phi) is 22.4. The second kappa shape index (κ2) is 17.8. The molecule has 0 rings (SSSR count). The minimum absolute atomic E-state index is 0. The van der Waals surface area contributed by atoms with E-state index in [0.717, 1.165) is 8.87 Å². The number of hydrogen-bond acceptors (Lipinski definition) is 4. The molecule has 0 amide bonds. The number of hydrogen-bond donors (Lipinski definition) is 0. The topological polar surface area (TPSA) is 52.6 Å². The number of esters is 2. The van der Waals surface area contributed by atoms with Gasteiger partial charge in [-0.2, -0.15) is 0 Å². The van der Waals surface area contributed by atoms with E-state index in [1.165, 1.54) is 0 Å². The molecule has 0 aliphatic carbocycles. The molecule has 0 bridgehead atoms. The smallest absolute Gasteiger partial charge is 1.00 e. The quantitative estimate of drug-likeness (QED) is 0.157. The molecule has 4 nitrogen and oxygen atoms in total. The summed E-state index contributed by atoms with van der Waals surface area (Å²) in [6, 6.07) is 0. The second-order valence-corrected chi connectivity index (χ2v) is 7.47. The first kappa shape index (κ1) is 23.9. The molecule has 0 aliphatic rings. The maximum Gasteiger partial charge on any atom is -1.00 e. The number of halogens is 2. The summed E-state index contributed by atoms with van der Waals surface area (Å²) in [5.74, 6) is -0.361. The summed E-state index contributed by atoms with van der Waals surface area (Å²) in [5, 5.41) is 0. The fourth-order valence-corrected chi connectivity index (χ4v) is 3.84. The largest absolute Gasteiger partial charge is 1.00 e. The van der Waals surface area contributed by atoms with Gasteiger partial charge in [0.15, 0.2) is 0 Å². The fraction of sp³-hybridized carbons (Fsp3) is 0.500. The maximum absolute atomic E-state index is 11.1. The normalized spacial score (nSPS) is 8.00. The van der Waals surface area contributed by atoms with Crippen LogP contribution in [-0.2, 0) is 19.1 Å². The molecule has 0 unspecified atom stereocenters. The van der Waals surface area contributed by atoms with Gasteiger partial charge in [-0.05, 0) is 0 Å². The van der Waals surface area contributed by atoms with Crippen LogP contribution in [0.5, 0.6) is 0 Å². The van der Waals surface area contributed by atoms with Gasteiger partial charge in [-0.25, -0.2) is 0 Å². The Morgan fingerprint density at radius 1 is 0.895 bits per heavy atom. The van der Waals surface area contributed by atoms with Gasteiger partial charge in [0.25, 0.3) is 0 Å². The maximum atomic E-state index is 11.1. The van der Waals surface area contributed by atoms with E-state index < -0.39 is 21.1 Å². The van der Waals surface area contributed by atoms with E-state index in [9.17, 15) is 9.59 Å². The molecule has 0 radical (unpaired) electrons. The third-order valence-electron chi connectivity index (χ3n) is 1.74. The summed E-state index contributed by atoms with van der Waals surface area (Å²) in [4.78, 5) is 22.2. The van der Waals surface area contributed by atoms with Crippen molar-refractivity contribution in [3.8, 4) is 0 Å². The van der Waals surface area contributed by atoms with Gasteiger partial charge in [-0.3, -0.25) is 0 Å². The number of ether oxygens (including phenoxy) is 2. The van der Waals surface area contributed by atoms with Gasteiger partial charge in [0.05, 0.1) is 0 Å². The Bertz CT molecular complexity index is 246. The molecular weight excluding hydrogens is 398 g/mol. The van der Waals surface area contributed by atoms with Crippen molar-refractivity contribution in [1.29, 1.82) is 0 Å². The van der Waals surface area contributed by atoms with Crippen molar-refractivity contribution in [3.05, 3.63) is 25.3 Å². The van der Waals surface area contributed by atoms with Crippen LogP contribution in [0.4, 0.5) is 0 Å². The minimum atomic E-state index is -0.640. The molecule has 0 heterocycles. The van der Waals surface area contributed by atoms with E-state index in [4.69, 9.17) is 9.47 Å². The van der Waals surface area contributed by atoms with Crippen molar-refractivity contribution in [2.24, 2.45) is 0 Å². The number of carbonyl (C=O) groups is 2. The van der Waals surface area contributed by atoms with Gasteiger partial charge >= 0.3 is 112 Å². The van der Waals surface area contributed by atoms with Crippen LogP contribution in [0.3, 0.4) is 0 Å². The fourth-order valence-electron chi connectivity index (χ4n) is 0.954. The number of rotatable bonds is 10. The Morgan fingerprint density at radius 2 is 1.26 bits per heavy atom. The van der Waals surface area contributed by atoms with Crippen molar-refractivity contribution < 1.29 is 43.9 Å². The zero-order valence-electron chi connectivity index (χ0n) is 10.7. The summed E-state index contributed by atoms with van der Waals surface area (Å²) in [6.07, 6.45) is 4.02. The molecule has 0 atom stereocenters. The van der Waals surface area contributed by atoms with Crippen LogP contribution in [0.15, 0.2) is 25.3 Å². The van der Waals surface area contributed by atoms with E-state index in [1.54, 1.807) is 12.2 Å². The molecular formula is C12H18Cl2O4Sn. The molecule has 0 aromatic rings. The SMILES string of the molecule is C=CCOC(=O)C[CH2][Sn+2][CH2]CC(=O)OCC=C.[Cl-].[Cl-]. The minimum Gasteiger partial charge on any atom is -1.00 e. The third-order valence-corrected chi connectivity index (χ3v) is 5.18. The van der Waals surface area contributed by atoms with Gasteiger partial charge < -0.3 is 24.8 Å². The molecule has 0 N–H and O–H groups in total. The average molecular weight is 416 g/mol. The van der Waals surface area contributed by atoms with Crippen molar-refractivity contribution in [2.45, 2.75) is 21.7 Å². The average Bonchev–Trinajstić information content (AvgIpc) is 2.33. The van der Waals surface area contributed by atoms with E-state index in [0.29, 0.717) is 12.8 Å². The first-order valence-corrected chi connectivity index (χ1v) is 9.48. The molecule has 7 heteroatoms. The van der Waals surface area contributed by atoms with Gasteiger partial charge in [0.2, 0.25) is 0 Å². The van der Waals surface area contributed by atoms with Crippen LogP contribution >= 0.6 is 0 Å². The molecule has 0 aromatic carbocycles. The molecule has 0 saturated heterocycles.